The van der Waals surface area contributed by atoms with E-state index in [4.69, 9.17) is 4.99 Å². The molecule has 4 nitrogen and oxygen atoms in total. The van der Waals surface area contributed by atoms with Crippen molar-refractivity contribution in [1.82, 2.24) is 10.3 Å². The number of rotatable bonds is 5. The Hall–Kier alpha value is -2.59. The third-order valence-electron chi connectivity index (χ3n) is 6.83. The van der Waals surface area contributed by atoms with E-state index in [1.807, 2.05) is 24.5 Å². The molecule has 5 rings (SSSR count). The van der Waals surface area contributed by atoms with Crippen LogP contribution in [0.3, 0.4) is 0 Å². The molecule has 1 aromatic carbocycles. The second-order valence-electron chi connectivity index (χ2n) is 8.53. The van der Waals surface area contributed by atoms with Crippen LogP contribution in [0.15, 0.2) is 71.0 Å². The van der Waals surface area contributed by atoms with Gasteiger partial charge in [-0.25, -0.2) is 0 Å². The van der Waals surface area contributed by atoms with E-state index in [0.29, 0.717) is 24.0 Å². The topological polar surface area (TPSA) is 54.4 Å². The molecule has 0 saturated carbocycles. The Bertz CT molecular complexity index is 949. The second-order valence-corrected chi connectivity index (χ2v) is 8.53. The van der Waals surface area contributed by atoms with Crippen molar-refractivity contribution in [1.29, 1.82) is 0 Å². The molecule has 0 bridgehead atoms. The van der Waals surface area contributed by atoms with Crippen LogP contribution in [-0.4, -0.2) is 36.1 Å². The molecule has 1 fully saturated rings. The third kappa shape index (κ3) is 3.69. The van der Waals surface area contributed by atoms with Crippen molar-refractivity contribution in [3.63, 3.8) is 0 Å². The van der Waals surface area contributed by atoms with Crippen molar-refractivity contribution in [3.8, 4) is 0 Å². The molecule has 3 unspecified atom stereocenters. The van der Waals surface area contributed by atoms with Crippen LogP contribution in [0, 0.1) is 11.8 Å². The highest BCUT2D eigenvalue weighted by atomic mass is 16.1. The summed E-state index contributed by atoms with van der Waals surface area (Å²) in [5.74, 6) is 1.42. The monoisotopic (exact) mass is 385 g/mol. The minimum atomic E-state index is 0.135. The van der Waals surface area contributed by atoms with Gasteiger partial charge in [-0.05, 0) is 60.6 Å². The summed E-state index contributed by atoms with van der Waals surface area (Å²) in [6.45, 7) is 2.72. The normalized spacial score (nSPS) is 26.3. The molecule has 3 atom stereocenters. The Labute approximate surface area is 172 Å². The number of carbonyl (C=O) groups excluding carboxylic acids is 1. The molecule has 0 amide bonds. The highest BCUT2D eigenvalue weighted by molar-refractivity contribution is 6.14. The highest BCUT2D eigenvalue weighted by Crippen LogP contribution is 2.38. The van der Waals surface area contributed by atoms with Crippen LogP contribution < -0.4 is 5.32 Å². The lowest BCUT2D eigenvalue weighted by atomic mass is 9.76. The van der Waals surface area contributed by atoms with Crippen molar-refractivity contribution in [3.05, 3.63) is 77.1 Å². The number of benzene rings is 1. The van der Waals surface area contributed by atoms with Gasteiger partial charge in [0.05, 0.1) is 12.3 Å². The Morgan fingerprint density at radius 3 is 2.72 bits per heavy atom. The molecule has 2 aromatic rings. The Kier molecular flexibility index (Phi) is 5.11. The van der Waals surface area contributed by atoms with Gasteiger partial charge in [-0.2, -0.15) is 0 Å². The van der Waals surface area contributed by atoms with Crippen LogP contribution in [-0.2, 0) is 4.79 Å². The smallest absolute Gasteiger partial charge is 0.136 e. The summed E-state index contributed by atoms with van der Waals surface area (Å²) in [7, 11) is 0. The number of pyridine rings is 1. The first-order valence-corrected chi connectivity index (χ1v) is 10.7. The van der Waals surface area contributed by atoms with Crippen LogP contribution >= 0.6 is 0 Å². The zero-order chi connectivity index (χ0) is 19.6. The maximum atomic E-state index is 13.3. The summed E-state index contributed by atoms with van der Waals surface area (Å²) in [4.78, 5) is 22.2. The molecule has 1 saturated heterocycles. The van der Waals surface area contributed by atoms with Crippen LogP contribution in [0.1, 0.15) is 42.7 Å². The van der Waals surface area contributed by atoms with E-state index in [1.165, 1.54) is 16.7 Å². The predicted molar refractivity (Wildman–Crippen MR) is 115 cm³/mol. The molecule has 29 heavy (non-hydrogen) atoms. The van der Waals surface area contributed by atoms with Crippen LogP contribution in [0.4, 0.5) is 0 Å². The van der Waals surface area contributed by atoms with Crippen LogP contribution in [0.25, 0.3) is 0 Å². The second kappa shape index (κ2) is 8.03. The van der Waals surface area contributed by atoms with Gasteiger partial charge in [-0.1, -0.05) is 30.3 Å². The fraction of sp³-hybridized carbons (Fsp3) is 0.400. The third-order valence-corrected chi connectivity index (χ3v) is 6.83. The maximum Gasteiger partial charge on any atom is 0.136 e. The molecule has 1 N–H and O–H groups in total. The number of nitrogens with zero attached hydrogens (tertiary/aromatic N) is 2. The van der Waals surface area contributed by atoms with Crippen molar-refractivity contribution >= 4 is 11.5 Å². The minimum Gasteiger partial charge on any atom is -0.316 e. The van der Waals surface area contributed by atoms with Crippen molar-refractivity contribution in [2.24, 2.45) is 16.8 Å². The number of Topliss-reactive ketones (excluding diaryl/α,β-unsaturated/α-hetero) is 1. The molecular weight excluding hydrogens is 358 g/mol. The van der Waals surface area contributed by atoms with Crippen LogP contribution in [0.2, 0.25) is 0 Å². The summed E-state index contributed by atoms with van der Waals surface area (Å²) in [5.41, 5.74) is 6.33. The molecule has 0 radical (unpaired) electrons. The van der Waals surface area contributed by atoms with Gasteiger partial charge in [0, 0.05) is 42.8 Å². The van der Waals surface area contributed by atoms with Crippen molar-refractivity contribution < 1.29 is 4.79 Å². The van der Waals surface area contributed by atoms with Gasteiger partial charge >= 0.3 is 0 Å². The zero-order valence-electron chi connectivity index (χ0n) is 16.7. The fourth-order valence-electron chi connectivity index (χ4n) is 5.21. The lowest BCUT2D eigenvalue weighted by Crippen LogP contribution is -2.25. The Morgan fingerprint density at radius 1 is 1.07 bits per heavy atom. The quantitative estimate of drug-likeness (QED) is 0.848. The van der Waals surface area contributed by atoms with E-state index in [0.717, 1.165) is 50.2 Å². The number of allylic oxidation sites excluding steroid dienone is 1. The fourth-order valence-corrected chi connectivity index (χ4v) is 5.21. The Morgan fingerprint density at radius 2 is 1.90 bits per heavy atom. The van der Waals surface area contributed by atoms with Gasteiger partial charge in [-0.15, -0.1) is 0 Å². The number of aliphatic imine (C=N–C) groups is 1. The first kappa shape index (κ1) is 18.4. The maximum absolute atomic E-state index is 13.3. The number of hydrogen-bond acceptors (Lipinski definition) is 4. The van der Waals surface area contributed by atoms with Crippen molar-refractivity contribution in [2.75, 3.05) is 19.6 Å². The minimum absolute atomic E-state index is 0.135. The SMILES string of the molecule is O=C(CC1CNCC1c1ccccc1)C1CCC2=C(C1)C(c1ccncc1)=NC2. The predicted octanol–water partition coefficient (Wildman–Crippen LogP) is 3.94. The number of ketones is 1. The summed E-state index contributed by atoms with van der Waals surface area (Å²) < 4.78 is 0. The molecule has 148 valence electrons. The van der Waals surface area contributed by atoms with E-state index in [-0.39, 0.29) is 5.92 Å². The lowest BCUT2D eigenvalue weighted by molar-refractivity contribution is -0.124. The Balaban J connectivity index is 1.28. The summed E-state index contributed by atoms with van der Waals surface area (Å²) in [6.07, 6.45) is 7.16. The van der Waals surface area contributed by atoms with E-state index >= 15 is 0 Å². The standard InChI is InChI=1S/C25H27N3O/c29-24(13-21-14-27-16-23(21)17-4-2-1-3-5-17)19-6-7-20-15-28-25(22(20)12-19)18-8-10-26-11-9-18/h1-5,8-11,19,21,23,27H,6-7,12-16H2. The molecule has 3 heterocycles. The summed E-state index contributed by atoms with van der Waals surface area (Å²) >= 11 is 0. The molecule has 0 spiro atoms. The number of nitrogens with one attached hydrogen (secondary N) is 1. The molecule has 4 heteroatoms. The van der Waals surface area contributed by atoms with E-state index in [2.05, 4.69) is 40.6 Å². The average Bonchev–Trinajstić information content (AvgIpc) is 3.41. The van der Waals surface area contributed by atoms with Gasteiger partial charge in [-0.3, -0.25) is 14.8 Å². The largest absolute Gasteiger partial charge is 0.316 e. The molecule has 1 aliphatic carbocycles. The zero-order valence-corrected chi connectivity index (χ0v) is 16.7. The summed E-state index contributed by atoms with van der Waals surface area (Å²) in [6, 6.07) is 14.7. The van der Waals surface area contributed by atoms with Gasteiger partial charge in [0.25, 0.3) is 0 Å². The molecule has 1 aromatic heterocycles. The number of carbonyl (C=O) groups is 1. The van der Waals surface area contributed by atoms with Gasteiger partial charge in [0.2, 0.25) is 0 Å². The van der Waals surface area contributed by atoms with E-state index in [1.54, 1.807) is 0 Å². The first-order chi connectivity index (χ1) is 14.3. The molecular formula is C25H27N3O. The van der Waals surface area contributed by atoms with E-state index in [9.17, 15) is 4.79 Å². The van der Waals surface area contributed by atoms with Gasteiger partial charge < -0.3 is 5.32 Å². The molecule has 2 aliphatic heterocycles. The molecule has 3 aliphatic rings. The first-order valence-electron chi connectivity index (χ1n) is 10.7. The number of aromatic nitrogens is 1. The summed E-state index contributed by atoms with van der Waals surface area (Å²) in [5, 5.41) is 3.51. The lowest BCUT2D eigenvalue weighted by Gasteiger charge is -2.26. The highest BCUT2D eigenvalue weighted by Gasteiger charge is 2.35. The number of hydrogen-bond donors (Lipinski definition) is 1. The van der Waals surface area contributed by atoms with Crippen molar-refractivity contribution in [2.45, 2.75) is 31.6 Å². The average molecular weight is 386 g/mol. The van der Waals surface area contributed by atoms with Crippen LogP contribution in [0.5, 0.6) is 0 Å². The van der Waals surface area contributed by atoms with Gasteiger partial charge in [0.15, 0.2) is 0 Å². The van der Waals surface area contributed by atoms with E-state index < -0.39 is 0 Å². The van der Waals surface area contributed by atoms with Gasteiger partial charge in [0.1, 0.15) is 5.78 Å².